The van der Waals surface area contributed by atoms with Crippen LogP contribution in [0.5, 0.6) is 5.75 Å². The molecule has 2 aromatic heterocycles. The summed E-state index contributed by atoms with van der Waals surface area (Å²) >= 11 is 1.67. The molecule has 0 bridgehead atoms. The smallest absolute Gasteiger partial charge is 0.171 e. The van der Waals surface area contributed by atoms with Crippen LogP contribution in [0.15, 0.2) is 53.1 Å². The minimum absolute atomic E-state index is 0.266. The van der Waals surface area contributed by atoms with Gasteiger partial charge in [0.05, 0.1) is 20.9 Å². The normalized spacial score (nSPS) is 18.2. The first-order chi connectivity index (χ1) is 17.0. The Morgan fingerprint density at radius 1 is 1.17 bits per heavy atom. The zero-order valence-corrected chi connectivity index (χ0v) is 21.3. The number of aliphatic hydroxyl groups excluding tert-OH is 1. The maximum atomic E-state index is 10.7. The highest BCUT2D eigenvalue weighted by Gasteiger charge is 2.27. The molecule has 4 aromatic rings. The number of hydrogen-bond acceptors (Lipinski definition) is 8. The lowest BCUT2D eigenvalue weighted by atomic mass is 10.1. The Kier molecular flexibility index (Phi) is 7.15. The van der Waals surface area contributed by atoms with Crippen LogP contribution in [0, 0.1) is 13.8 Å². The van der Waals surface area contributed by atoms with Gasteiger partial charge in [-0.15, -0.1) is 11.3 Å². The van der Waals surface area contributed by atoms with Crippen LogP contribution in [-0.4, -0.2) is 70.0 Å². The first-order valence-corrected chi connectivity index (χ1v) is 12.9. The van der Waals surface area contributed by atoms with Crippen LogP contribution in [0.4, 0.5) is 0 Å². The van der Waals surface area contributed by atoms with Crippen molar-refractivity contribution in [3.8, 4) is 17.1 Å². The van der Waals surface area contributed by atoms with Gasteiger partial charge in [0, 0.05) is 56.0 Å². The Hall–Kier alpha value is -2.78. The Balaban J connectivity index is 1.13. The van der Waals surface area contributed by atoms with Crippen LogP contribution in [0.2, 0.25) is 0 Å². The lowest BCUT2D eigenvalue weighted by Crippen LogP contribution is -2.53. The third kappa shape index (κ3) is 5.56. The summed E-state index contributed by atoms with van der Waals surface area (Å²) in [4.78, 5) is 9.31. The Morgan fingerprint density at radius 2 is 2.00 bits per heavy atom. The lowest BCUT2D eigenvalue weighted by molar-refractivity contribution is 0.0196. The van der Waals surface area contributed by atoms with E-state index in [9.17, 15) is 5.11 Å². The predicted octanol–water partition coefficient (Wildman–Crippen LogP) is 4.51. The van der Waals surface area contributed by atoms with E-state index < -0.39 is 6.10 Å². The van der Waals surface area contributed by atoms with Gasteiger partial charge in [0.2, 0.25) is 0 Å². The molecular formula is C27H32N4O3S. The van der Waals surface area contributed by atoms with Crippen molar-refractivity contribution in [1.29, 1.82) is 0 Å². The largest absolute Gasteiger partial charge is 0.491 e. The number of nitrogens with zero attached hydrogens (tertiary/aromatic N) is 4. The lowest BCUT2D eigenvalue weighted by Gasteiger charge is -2.40. The first-order valence-electron chi connectivity index (χ1n) is 12.1. The number of fused-ring (bicyclic) bond motifs is 1. The molecule has 184 valence electrons. The average molecular weight is 493 g/mol. The van der Waals surface area contributed by atoms with E-state index in [1.807, 2.05) is 50.2 Å². The molecule has 1 aliphatic rings. The summed E-state index contributed by atoms with van der Waals surface area (Å²) in [5, 5.41) is 15.9. The number of benzene rings is 2. The quantitative estimate of drug-likeness (QED) is 0.388. The molecule has 0 spiro atoms. The first kappa shape index (κ1) is 23.9. The topological polar surface area (TPSA) is 74.9 Å². The van der Waals surface area contributed by atoms with Gasteiger partial charge in [-0.1, -0.05) is 35.5 Å². The van der Waals surface area contributed by atoms with Gasteiger partial charge in [0.1, 0.15) is 18.5 Å². The molecule has 7 nitrogen and oxygen atoms in total. The molecule has 1 saturated heterocycles. The molecule has 1 fully saturated rings. The minimum Gasteiger partial charge on any atom is -0.491 e. The third-order valence-electron chi connectivity index (χ3n) is 6.61. The van der Waals surface area contributed by atoms with Crippen molar-refractivity contribution in [1.82, 2.24) is 19.9 Å². The van der Waals surface area contributed by atoms with Crippen LogP contribution in [-0.2, 0) is 6.54 Å². The minimum atomic E-state index is -0.554. The van der Waals surface area contributed by atoms with Crippen molar-refractivity contribution >= 4 is 21.6 Å². The monoisotopic (exact) mass is 492 g/mol. The molecule has 8 heteroatoms. The molecule has 2 aromatic carbocycles. The molecule has 1 N–H and O–H groups in total. The second-order valence-corrected chi connectivity index (χ2v) is 10.6. The Morgan fingerprint density at radius 3 is 2.80 bits per heavy atom. The molecule has 0 saturated carbocycles. The fraction of sp³-hybridized carbons (Fsp3) is 0.407. The standard InChI is InChI=1S/C27H32N4O3S/c1-18-14-30(16-24-19(2)29-34-27(24)21-7-5-4-6-8-21)11-12-31(18)15-22(32)17-33-23-9-10-26-25(13-23)28-20(3)35-26/h4-10,13,18,22,32H,11-12,14-17H2,1-3H3/t18-,22+/m0/s1. The maximum absolute atomic E-state index is 10.7. The summed E-state index contributed by atoms with van der Waals surface area (Å²) in [7, 11) is 0. The van der Waals surface area contributed by atoms with Crippen LogP contribution >= 0.6 is 11.3 Å². The van der Waals surface area contributed by atoms with Gasteiger partial charge in [0.15, 0.2) is 5.76 Å². The Labute approximate surface area is 209 Å². The van der Waals surface area contributed by atoms with Gasteiger partial charge in [-0.3, -0.25) is 9.80 Å². The molecule has 5 rings (SSSR count). The number of β-amino-alcohol motifs (C(OH)–C–C–N with tert-alkyl or cyclic N) is 1. The summed E-state index contributed by atoms with van der Waals surface area (Å²) in [6.07, 6.45) is -0.554. The van der Waals surface area contributed by atoms with Gasteiger partial charge >= 0.3 is 0 Å². The number of piperazine rings is 1. The number of hydrogen-bond donors (Lipinski definition) is 1. The SMILES string of the molecule is Cc1nc2cc(OC[C@H](O)CN3CCN(Cc4c(C)noc4-c4ccccc4)C[C@@H]3C)ccc2s1. The second kappa shape index (κ2) is 10.5. The van der Waals surface area contributed by atoms with E-state index in [1.165, 1.54) is 0 Å². The van der Waals surface area contributed by atoms with Crippen LogP contribution < -0.4 is 4.74 Å². The molecule has 35 heavy (non-hydrogen) atoms. The van der Waals surface area contributed by atoms with Crippen LogP contribution in [0.1, 0.15) is 23.2 Å². The van der Waals surface area contributed by atoms with E-state index in [0.717, 1.165) is 69.7 Å². The van der Waals surface area contributed by atoms with E-state index in [1.54, 1.807) is 11.3 Å². The highest BCUT2D eigenvalue weighted by molar-refractivity contribution is 7.18. The molecule has 1 aliphatic heterocycles. The molecule has 0 aliphatic carbocycles. The number of aliphatic hydroxyl groups is 1. The number of thiazole rings is 1. The van der Waals surface area contributed by atoms with Gasteiger partial charge in [0.25, 0.3) is 0 Å². The number of aryl methyl sites for hydroxylation is 2. The summed E-state index contributed by atoms with van der Waals surface area (Å²) in [5.41, 5.74) is 4.10. The fourth-order valence-corrected chi connectivity index (χ4v) is 5.54. The molecule has 0 amide bonds. The van der Waals surface area contributed by atoms with Crippen LogP contribution in [0.3, 0.4) is 0 Å². The van der Waals surface area contributed by atoms with E-state index in [-0.39, 0.29) is 6.61 Å². The molecular weight excluding hydrogens is 460 g/mol. The second-order valence-electron chi connectivity index (χ2n) is 9.35. The summed E-state index contributed by atoms with van der Waals surface area (Å²) in [5.74, 6) is 1.61. The van der Waals surface area contributed by atoms with Crippen molar-refractivity contribution in [2.24, 2.45) is 0 Å². The average Bonchev–Trinajstić information content (AvgIpc) is 3.41. The van der Waals surface area contributed by atoms with E-state index in [0.29, 0.717) is 12.6 Å². The van der Waals surface area contributed by atoms with E-state index >= 15 is 0 Å². The van der Waals surface area contributed by atoms with Crippen LogP contribution in [0.25, 0.3) is 21.5 Å². The summed E-state index contributed by atoms with van der Waals surface area (Å²) < 4.78 is 12.7. The van der Waals surface area contributed by atoms with E-state index in [4.69, 9.17) is 9.26 Å². The Bertz CT molecular complexity index is 1270. The molecule has 2 atom stereocenters. The molecule has 0 radical (unpaired) electrons. The maximum Gasteiger partial charge on any atom is 0.171 e. The fourth-order valence-electron chi connectivity index (χ4n) is 4.73. The zero-order chi connectivity index (χ0) is 24.4. The van der Waals surface area contributed by atoms with Crippen molar-refractivity contribution in [3.05, 3.63) is 64.8 Å². The number of ether oxygens (including phenoxy) is 1. The van der Waals surface area contributed by atoms with Gasteiger partial charge < -0.3 is 14.4 Å². The van der Waals surface area contributed by atoms with Gasteiger partial charge in [-0.2, -0.15) is 0 Å². The van der Waals surface area contributed by atoms with Gasteiger partial charge in [-0.25, -0.2) is 4.98 Å². The van der Waals surface area contributed by atoms with Crippen molar-refractivity contribution in [3.63, 3.8) is 0 Å². The molecule has 0 unspecified atom stereocenters. The van der Waals surface area contributed by atoms with E-state index in [2.05, 4.69) is 39.0 Å². The number of aromatic nitrogens is 2. The van der Waals surface area contributed by atoms with Crippen molar-refractivity contribution < 1.29 is 14.4 Å². The zero-order valence-electron chi connectivity index (χ0n) is 20.5. The highest BCUT2D eigenvalue weighted by Crippen LogP contribution is 2.28. The predicted molar refractivity (Wildman–Crippen MR) is 139 cm³/mol. The number of rotatable bonds is 8. The van der Waals surface area contributed by atoms with Crippen molar-refractivity contribution in [2.75, 3.05) is 32.8 Å². The third-order valence-corrected chi connectivity index (χ3v) is 7.56. The van der Waals surface area contributed by atoms with Crippen molar-refractivity contribution in [2.45, 2.75) is 39.5 Å². The molecule has 3 heterocycles. The highest BCUT2D eigenvalue weighted by atomic mass is 32.1. The van der Waals surface area contributed by atoms with Gasteiger partial charge in [-0.05, 0) is 32.9 Å². The summed E-state index contributed by atoms with van der Waals surface area (Å²) in [6, 6.07) is 16.4. The summed E-state index contributed by atoms with van der Waals surface area (Å²) in [6.45, 7) is 10.6.